The van der Waals surface area contributed by atoms with E-state index in [0.717, 1.165) is 12.0 Å². The van der Waals surface area contributed by atoms with Crippen LogP contribution in [0, 0.1) is 0 Å². The molecule has 2 aromatic carbocycles. The van der Waals surface area contributed by atoms with Gasteiger partial charge in [0, 0.05) is 6.04 Å². The Morgan fingerprint density at radius 2 is 1.64 bits per heavy atom. The van der Waals surface area contributed by atoms with Gasteiger partial charge >= 0.3 is 0 Å². The van der Waals surface area contributed by atoms with Crippen LogP contribution < -0.4 is 9.46 Å². The first kappa shape index (κ1) is 16.5. The minimum Gasteiger partial charge on any atom is -0.497 e. The highest BCUT2D eigenvalue weighted by molar-refractivity contribution is 7.89. The third-order valence-corrected chi connectivity index (χ3v) is 5.15. The molecule has 0 aliphatic rings. The van der Waals surface area contributed by atoms with E-state index in [2.05, 4.69) is 11.6 Å². The van der Waals surface area contributed by atoms with E-state index >= 15 is 0 Å². The fraction of sp³-hybridized carbons (Fsp3) is 0.294. The summed E-state index contributed by atoms with van der Waals surface area (Å²) in [6, 6.07) is 14.0. The fourth-order valence-electron chi connectivity index (χ4n) is 2.17. The van der Waals surface area contributed by atoms with Crippen molar-refractivity contribution in [2.24, 2.45) is 0 Å². The van der Waals surface area contributed by atoms with Crippen molar-refractivity contribution in [2.45, 2.75) is 31.2 Å². The maximum atomic E-state index is 12.4. The van der Waals surface area contributed by atoms with Crippen LogP contribution in [0.5, 0.6) is 5.75 Å². The Hall–Kier alpha value is -1.85. The Kier molecular flexibility index (Phi) is 5.21. The number of aryl methyl sites for hydroxylation is 1. The van der Waals surface area contributed by atoms with Crippen molar-refractivity contribution in [1.29, 1.82) is 0 Å². The lowest BCUT2D eigenvalue weighted by Gasteiger charge is -2.15. The summed E-state index contributed by atoms with van der Waals surface area (Å²) < 4.78 is 32.5. The molecule has 0 radical (unpaired) electrons. The molecule has 2 aromatic rings. The molecule has 4 nitrogen and oxygen atoms in total. The van der Waals surface area contributed by atoms with Crippen LogP contribution in [0.4, 0.5) is 0 Å². The molecule has 0 aliphatic heterocycles. The van der Waals surface area contributed by atoms with Gasteiger partial charge in [0.25, 0.3) is 0 Å². The Labute approximate surface area is 132 Å². The van der Waals surface area contributed by atoms with Gasteiger partial charge in [0.15, 0.2) is 0 Å². The first-order valence-corrected chi connectivity index (χ1v) is 8.70. The highest BCUT2D eigenvalue weighted by Crippen LogP contribution is 2.19. The summed E-state index contributed by atoms with van der Waals surface area (Å²) >= 11 is 0. The zero-order valence-corrected chi connectivity index (χ0v) is 13.9. The molecule has 0 aliphatic carbocycles. The molecule has 0 heterocycles. The molecule has 1 unspecified atom stereocenters. The molecule has 0 saturated heterocycles. The summed E-state index contributed by atoms with van der Waals surface area (Å²) in [4.78, 5) is 0.227. The molecule has 0 aromatic heterocycles. The Morgan fingerprint density at radius 3 is 2.14 bits per heavy atom. The molecule has 1 atom stereocenters. The Balaban J connectivity index is 2.15. The number of hydrogen-bond donors (Lipinski definition) is 1. The lowest BCUT2D eigenvalue weighted by Crippen LogP contribution is -2.26. The summed E-state index contributed by atoms with van der Waals surface area (Å²) in [5.74, 6) is 0.627. The zero-order chi connectivity index (χ0) is 16.2. The van der Waals surface area contributed by atoms with E-state index in [1.54, 1.807) is 19.2 Å². The van der Waals surface area contributed by atoms with Crippen LogP contribution in [0.3, 0.4) is 0 Å². The molecule has 5 heteroatoms. The number of sulfonamides is 1. The van der Waals surface area contributed by atoms with Gasteiger partial charge in [-0.05, 0) is 48.7 Å². The maximum Gasteiger partial charge on any atom is 0.241 e. The minimum absolute atomic E-state index is 0.227. The van der Waals surface area contributed by atoms with Crippen molar-refractivity contribution in [3.8, 4) is 5.75 Å². The lowest BCUT2D eigenvalue weighted by atomic mass is 10.1. The van der Waals surface area contributed by atoms with E-state index in [1.165, 1.54) is 17.7 Å². The minimum atomic E-state index is -3.55. The van der Waals surface area contributed by atoms with Gasteiger partial charge in [-0.25, -0.2) is 13.1 Å². The predicted octanol–water partition coefficient (Wildman–Crippen LogP) is 3.30. The summed E-state index contributed by atoms with van der Waals surface area (Å²) in [5.41, 5.74) is 2.17. The van der Waals surface area contributed by atoms with Crippen molar-refractivity contribution in [3.63, 3.8) is 0 Å². The van der Waals surface area contributed by atoms with Gasteiger partial charge in [0.1, 0.15) is 5.75 Å². The first-order chi connectivity index (χ1) is 10.5. The van der Waals surface area contributed by atoms with Gasteiger partial charge in [-0.1, -0.05) is 31.2 Å². The van der Waals surface area contributed by atoms with Crippen LogP contribution in [0.2, 0.25) is 0 Å². The molecule has 118 valence electrons. The highest BCUT2D eigenvalue weighted by atomic mass is 32.2. The predicted molar refractivity (Wildman–Crippen MR) is 87.6 cm³/mol. The van der Waals surface area contributed by atoms with Crippen LogP contribution in [0.25, 0.3) is 0 Å². The number of hydrogen-bond acceptors (Lipinski definition) is 3. The highest BCUT2D eigenvalue weighted by Gasteiger charge is 2.18. The average Bonchev–Trinajstić information content (AvgIpc) is 2.54. The molecular formula is C17H21NO3S. The SMILES string of the molecule is CCc1ccc(C(C)NS(=O)(=O)c2ccc(OC)cc2)cc1. The van der Waals surface area contributed by atoms with E-state index in [1.807, 2.05) is 31.2 Å². The smallest absolute Gasteiger partial charge is 0.241 e. The molecular weight excluding hydrogens is 298 g/mol. The van der Waals surface area contributed by atoms with Crippen LogP contribution in [-0.2, 0) is 16.4 Å². The molecule has 0 saturated carbocycles. The molecule has 0 amide bonds. The fourth-order valence-corrected chi connectivity index (χ4v) is 3.40. The van der Waals surface area contributed by atoms with E-state index in [0.29, 0.717) is 5.75 Å². The molecule has 0 bridgehead atoms. The zero-order valence-electron chi connectivity index (χ0n) is 13.0. The van der Waals surface area contributed by atoms with Crippen molar-refractivity contribution < 1.29 is 13.2 Å². The summed E-state index contributed by atoms with van der Waals surface area (Å²) in [5, 5.41) is 0. The van der Waals surface area contributed by atoms with Crippen LogP contribution in [-0.4, -0.2) is 15.5 Å². The standard InChI is InChI=1S/C17H21NO3S/c1-4-14-5-7-15(8-6-14)13(2)18-22(19,20)17-11-9-16(21-3)10-12-17/h5-13,18H,4H2,1-3H3. The third kappa shape index (κ3) is 3.87. The van der Waals surface area contributed by atoms with E-state index in [9.17, 15) is 8.42 Å². The number of nitrogens with one attached hydrogen (secondary N) is 1. The van der Waals surface area contributed by atoms with Crippen molar-refractivity contribution in [1.82, 2.24) is 4.72 Å². The number of rotatable bonds is 6. The van der Waals surface area contributed by atoms with E-state index in [-0.39, 0.29) is 10.9 Å². The second-order valence-electron chi connectivity index (χ2n) is 5.11. The monoisotopic (exact) mass is 319 g/mol. The normalized spacial score (nSPS) is 12.9. The summed E-state index contributed by atoms with van der Waals surface area (Å²) in [6.45, 7) is 3.92. The van der Waals surface area contributed by atoms with Gasteiger partial charge in [-0.2, -0.15) is 0 Å². The van der Waals surface area contributed by atoms with E-state index < -0.39 is 10.0 Å². The van der Waals surface area contributed by atoms with Crippen molar-refractivity contribution in [2.75, 3.05) is 7.11 Å². The van der Waals surface area contributed by atoms with Gasteiger partial charge in [0.2, 0.25) is 10.0 Å². The van der Waals surface area contributed by atoms with Crippen LogP contribution in [0.1, 0.15) is 31.0 Å². The Bertz CT molecular complexity index is 707. The number of methoxy groups -OCH3 is 1. The average molecular weight is 319 g/mol. The van der Waals surface area contributed by atoms with Crippen molar-refractivity contribution >= 4 is 10.0 Å². The maximum absolute atomic E-state index is 12.4. The second-order valence-corrected chi connectivity index (χ2v) is 6.83. The van der Waals surface area contributed by atoms with Gasteiger partial charge in [-0.3, -0.25) is 0 Å². The largest absolute Gasteiger partial charge is 0.497 e. The van der Waals surface area contributed by atoms with Gasteiger partial charge in [0.05, 0.1) is 12.0 Å². The third-order valence-electron chi connectivity index (χ3n) is 3.59. The topological polar surface area (TPSA) is 55.4 Å². The van der Waals surface area contributed by atoms with Crippen LogP contribution >= 0.6 is 0 Å². The van der Waals surface area contributed by atoms with Gasteiger partial charge < -0.3 is 4.74 Å². The second kappa shape index (κ2) is 6.94. The molecule has 22 heavy (non-hydrogen) atoms. The van der Waals surface area contributed by atoms with Gasteiger partial charge in [-0.15, -0.1) is 0 Å². The summed E-state index contributed by atoms with van der Waals surface area (Å²) in [7, 11) is -2.01. The van der Waals surface area contributed by atoms with E-state index in [4.69, 9.17) is 4.74 Å². The quantitative estimate of drug-likeness (QED) is 0.889. The van der Waals surface area contributed by atoms with Crippen molar-refractivity contribution in [3.05, 3.63) is 59.7 Å². The van der Waals surface area contributed by atoms with Crippen LogP contribution in [0.15, 0.2) is 53.4 Å². The Morgan fingerprint density at radius 1 is 1.05 bits per heavy atom. The molecule has 0 spiro atoms. The molecule has 0 fully saturated rings. The number of ether oxygens (including phenoxy) is 1. The number of benzene rings is 2. The molecule has 2 rings (SSSR count). The molecule has 1 N–H and O–H groups in total. The summed E-state index contributed by atoms with van der Waals surface area (Å²) in [6.07, 6.45) is 0.965. The lowest BCUT2D eigenvalue weighted by molar-refractivity contribution is 0.414. The first-order valence-electron chi connectivity index (χ1n) is 7.21.